The molecule has 8 nitrogen and oxygen atoms in total. The Hall–Kier alpha value is -3.12. The normalized spacial score (nSPS) is 11.2. The molecule has 1 amide bonds. The first-order chi connectivity index (χ1) is 13.6. The summed E-state index contributed by atoms with van der Waals surface area (Å²) in [5.41, 5.74) is -0.455. The van der Waals surface area contributed by atoms with Gasteiger partial charge in [0, 0.05) is 5.69 Å². The van der Waals surface area contributed by atoms with Crippen LogP contribution in [0.4, 0.5) is 18.9 Å². The van der Waals surface area contributed by atoms with Gasteiger partial charge >= 0.3 is 12.6 Å². The average Bonchev–Trinajstić information content (AvgIpc) is 2.67. The summed E-state index contributed by atoms with van der Waals surface area (Å²) in [6.07, 6.45) is 0. The SMILES string of the molecule is CNS(=O)(=O)c1ccc(F)c(C(=O)OCC(=O)Nc2ccc(OC(F)F)cc2)c1. The van der Waals surface area contributed by atoms with Crippen molar-refractivity contribution in [3.05, 3.63) is 53.8 Å². The zero-order chi connectivity index (χ0) is 21.6. The Bertz CT molecular complexity index is 997. The van der Waals surface area contributed by atoms with Crippen LogP contribution in [0.1, 0.15) is 10.4 Å². The van der Waals surface area contributed by atoms with Gasteiger partial charge in [-0.25, -0.2) is 22.3 Å². The highest BCUT2D eigenvalue weighted by atomic mass is 32.2. The summed E-state index contributed by atoms with van der Waals surface area (Å²) in [6.45, 7) is -3.78. The molecule has 29 heavy (non-hydrogen) atoms. The quantitative estimate of drug-likeness (QED) is 0.619. The molecule has 0 aliphatic heterocycles. The Morgan fingerprint density at radius 2 is 1.76 bits per heavy atom. The van der Waals surface area contributed by atoms with Gasteiger partial charge in [-0.05, 0) is 49.5 Å². The Labute approximate surface area is 163 Å². The average molecular weight is 432 g/mol. The van der Waals surface area contributed by atoms with Crippen LogP contribution >= 0.6 is 0 Å². The van der Waals surface area contributed by atoms with E-state index in [0.717, 1.165) is 25.2 Å². The molecule has 0 radical (unpaired) electrons. The fraction of sp³-hybridized carbons (Fsp3) is 0.176. The van der Waals surface area contributed by atoms with E-state index in [9.17, 15) is 31.2 Å². The minimum Gasteiger partial charge on any atom is -0.452 e. The second-order valence-corrected chi connectivity index (χ2v) is 7.26. The van der Waals surface area contributed by atoms with Gasteiger partial charge in [-0.15, -0.1) is 0 Å². The monoisotopic (exact) mass is 432 g/mol. The van der Waals surface area contributed by atoms with E-state index in [-0.39, 0.29) is 16.3 Å². The van der Waals surface area contributed by atoms with Crippen LogP contribution in [0.2, 0.25) is 0 Å². The van der Waals surface area contributed by atoms with Crippen LogP contribution in [0.3, 0.4) is 0 Å². The zero-order valence-corrected chi connectivity index (χ0v) is 15.6. The first-order valence-corrected chi connectivity index (χ1v) is 9.35. The predicted molar refractivity (Wildman–Crippen MR) is 94.6 cm³/mol. The molecule has 0 bridgehead atoms. The third kappa shape index (κ3) is 6.19. The Balaban J connectivity index is 1.98. The molecular weight excluding hydrogens is 417 g/mol. The molecular formula is C17H15F3N2O6S. The number of hydrogen-bond acceptors (Lipinski definition) is 6. The first kappa shape index (κ1) is 22.2. The summed E-state index contributed by atoms with van der Waals surface area (Å²) in [5, 5.41) is 2.33. The standard InChI is InChI=1S/C17H15F3N2O6S/c1-21-29(25,26)12-6-7-14(18)13(8-12)16(24)27-9-15(23)22-10-2-4-11(5-3-10)28-17(19)20/h2-8,17,21H,9H2,1H3,(H,22,23). The lowest BCUT2D eigenvalue weighted by molar-refractivity contribution is -0.119. The number of esters is 1. The van der Waals surface area contributed by atoms with Gasteiger partial charge in [0.25, 0.3) is 5.91 Å². The van der Waals surface area contributed by atoms with Crippen LogP contribution in [0.5, 0.6) is 5.75 Å². The van der Waals surface area contributed by atoms with Crippen molar-refractivity contribution in [2.45, 2.75) is 11.5 Å². The van der Waals surface area contributed by atoms with Crippen LogP contribution in [0, 0.1) is 5.82 Å². The minimum absolute atomic E-state index is 0.115. The van der Waals surface area contributed by atoms with Crippen LogP contribution < -0.4 is 14.8 Å². The molecule has 2 aromatic rings. The van der Waals surface area contributed by atoms with Crippen LogP contribution in [-0.2, 0) is 19.6 Å². The fourth-order valence-electron chi connectivity index (χ4n) is 2.07. The van der Waals surface area contributed by atoms with E-state index in [0.29, 0.717) is 0 Å². The first-order valence-electron chi connectivity index (χ1n) is 7.87. The molecule has 0 unspecified atom stereocenters. The van der Waals surface area contributed by atoms with E-state index >= 15 is 0 Å². The van der Waals surface area contributed by atoms with Crippen LogP contribution in [0.15, 0.2) is 47.4 Å². The van der Waals surface area contributed by atoms with Crippen molar-refractivity contribution in [2.75, 3.05) is 19.0 Å². The van der Waals surface area contributed by atoms with Gasteiger partial charge in [0.15, 0.2) is 6.61 Å². The topological polar surface area (TPSA) is 111 Å². The number of rotatable bonds is 8. The molecule has 0 spiro atoms. The number of ether oxygens (including phenoxy) is 2. The number of benzene rings is 2. The zero-order valence-electron chi connectivity index (χ0n) is 14.8. The Kier molecular flexibility index (Phi) is 7.18. The largest absolute Gasteiger partial charge is 0.452 e. The summed E-state index contributed by atoms with van der Waals surface area (Å²) in [5.74, 6) is -3.18. The van der Waals surface area contributed by atoms with E-state index in [2.05, 4.69) is 10.1 Å². The second-order valence-electron chi connectivity index (χ2n) is 5.38. The van der Waals surface area contributed by atoms with Gasteiger partial charge in [-0.3, -0.25) is 4.79 Å². The smallest absolute Gasteiger partial charge is 0.387 e. The van der Waals surface area contributed by atoms with E-state index in [1.807, 2.05) is 4.72 Å². The minimum atomic E-state index is -3.92. The number of hydrogen-bond donors (Lipinski definition) is 2. The number of amides is 1. The summed E-state index contributed by atoms with van der Waals surface area (Å²) in [7, 11) is -2.77. The van der Waals surface area contributed by atoms with Crippen LogP contribution in [-0.4, -0.2) is 40.6 Å². The maximum Gasteiger partial charge on any atom is 0.387 e. The van der Waals surface area contributed by atoms with Crippen molar-refractivity contribution in [2.24, 2.45) is 0 Å². The lowest BCUT2D eigenvalue weighted by Gasteiger charge is -2.09. The predicted octanol–water partition coefficient (Wildman–Crippen LogP) is 2.13. The molecule has 2 N–H and O–H groups in total. The number of carbonyl (C=O) groups excluding carboxylic acids is 2. The van der Waals surface area contributed by atoms with Gasteiger partial charge in [0.05, 0.1) is 10.5 Å². The van der Waals surface area contributed by atoms with Crippen LogP contribution in [0.25, 0.3) is 0 Å². The van der Waals surface area contributed by atoms with E-state index in [1.165, 1.54) is 24.3 Å². The van der Waals surface area contributed by atoms with Gasteiger partial charge in [0.2, 0.25) is 10.0 Å². The molecule has 0 heterocycles. The number of nitrogens with one attached hydrogen (secondary N) is 2. The van der Waals surface area contributed by atoms with Crippen molar-refractivity contribution in [1.82, 2.24) is 4.72 Å². The molecule has 12 heteroatoms. The molecule has 0 atom stereocenters. The van der Waals surface area contributed by atoms with E-state index < -0.39 is 46.5 Å². The van der Waals surface area contributed by atoms with Crippen molar-refractivity contribution in [3.8, 4) is 5.75 Å². The molecule has 2 rings (SSSR count). The summed E-state index contributed by atoms with van der Waals surface area (Å²) in [4.78, 5) is 23.5. The van der Waals surface area contributed by atoms with Crippen molar-refractivity contribution in [1.29, 1.82) is 0 Å². The molecule has 0 aliphatic rings. The Morgan fingerprint density at radius 3 is 2.34 bits per heavy atom. The third-order valence-corrected chi connectivity index (χ3v) is 4.85. The number of alkyl halides is 2. The maximum atomic E-state index is 13.8. The second kappa shape index (κ2) is 9.39. The lowest BCUT2D eigenvalue weighted by atomic mass is 10.2. The highest BCUT2D eigenvalue weighted by molar-refractivity contribution is 7.89. The molecule has 0 aromatic heterocycles. The van der Waals surface area contributed by atoms with E-state index in [1.54, 1.807) is 0 Å². The Morgan fingerprint density at radius 1 is 1.10 bits per heavy atom. The van der Waals surface area contributed by atoms with Crippen molar-refractivity contribution < 1.29 is 40.7 Å². The lowest BCUT2D eigenvalue weighted by Crippen LogP contribution is -2.22. The summed E-state index contributed by atoms with van der Waals surface area (Å²) >= 11 is 0. The molecule has 0 saturated heterocycles. The highest BCUT2D eigenvalue weighted by Crippen LogP contribution is 2.18. The number of sulfonamides is 1. The maximum absolute atomic E-state index is 13.8. The third-order valence-electron chi connectivity index (χ3n) is 3.43. The summed E-state index contributed by atoms with van der Waals surface area (Å²) < 4.78 is 72.3. The van der Waals surface area contributed by atoms with Gasteiger partial charge in [0.1, 0.15) is 11.6 Å². The van der Waals surface area contributed by atoms with Crippen molar-refractivity contribution >= 4 is 27.6 Å². The fourth-order valence-corrected chi connectivity index (χ4v) is 2.83. The van der Waals surface area contributed by atoms with E-state index in [4.69, 9.17) is 4.74 Å². The molecule has 0 fully saturated rings. The number of halogens is 3. The molecule has 156 valence electrons. The number of anilines is 1. The van der Waals surface area contributed by atoms with Gasteiger partial charge in [-0.1, -0.05) is 0 Å². The summed E-state index contributed by atoms with van der Waals surface area (Å²) in [6, 6.07) is 7.47. The molecule has 2 aromatic carbocycles. The van der Waals surface area contributed by atoms with Crippen molar-refractivity contribution in [3.63, 3.8) is 0 Å². The molecule has 0 aliphatic carbocycles. The number of carbonyl (C=O) groups is 2. The highest BCUT2D eigenvalue weighted by Gasteiger charge is 2.20. The van der Waals surface area contributed by atoms with Gasteiger partial charge < -0.3 is 14.8 Å². The van der Waals surface area contributed by atoms with Gasteiger partial charge in [-0.2, -0.15) is 8.78 Å². The molecule has 0 saturated carbocycles.